The molecule has 0 N–H and O–H groups in total. The van der Waals surface area contributed by atoms with Crippen LogP contribution < -0.4 is 0 Å². The van der Waals surface area contributed by atoms with Crippen molar-refractivity contribution in [2.45, 2.75) is 26.0 Å². The zero-order chi connectivity index (χ0) is 14.8. The average molecular weight is 311 g/mol. The molecule has 1 heterocycles. The Morgan fingerprint density at radius 3 is 2.75 bits per heavy atom. The van der Waals surface area contributed by atoms with Crippen LogP contribution in [-0.4, -0.2) is 21.7 Å². The topological polar surface area (TPSA) is 56.0 Å². The van der Waals surface area contributed by atoms with Crippen molar-refractivity contribution in [3.05, 3.63) is 29.3 Å². The van der Waals surface area contributed by atoms with E-state index in [1.807, 2.05) is 32.9 Å². The molecule has 0 amide bonds. The number of halogens is 1. The number of rotatable bonds is 4. The smallest absolute Gasteiger partial charge is 0.277 e. The number of carbonyl (C=O) groups excluding carboxylic acids is 1. The van der Waals surface area contributed by atoms with Crippen LogP contribution in [0.2, 0.25) is 5.02 Å². The molecule has 0 aliphatic heterocycles. The minimum atomic E-state index is -0.358. The quantitative estimate of drug-likeness (QED) is 0.796. The van der Waals surface area contributed by atoms with Crippen LogP contribution >= 0.6 is 23.4 Å². The zero-order valence-electron chi connectivity index (χ0n) is 11.5. The Balaban J connectivity index is 2.05. The van der Waals surface area contributed by atoms with E-state index >= 15 is 0 Å². The van der Waals surface area contributed by atoms with Gasteiger partial charge in [0.1, 0.15) is 5.78 Å². The van der Waals surface area contributed by atoms with Crippen LogP contribution in [-0.2, 0) is 4.79 Å². The number of benzene rings is 1. The van der Waals surface area contributed by atoms with Gasteiger partial charge in [-0.15, -0.1) is 10.2 Å². The number of thioether (sulfide) groups is 1. The fraction of sp³-hybridized carbons (Fsp3) is 0.357. The largest absolute Gasteiger partial charge is 0.411 e. The van der Waals surface area contributed by atoms with Gasteiger partial charge in [-0.2, -0.15) is 0 Å². The number of Topliss-reactive ketones (excluding diaryl/α,β-unsaturated/α-hetero) is 1. The van der Waals surface area contributed by atoms with E-state index in [0.717, 1.165) is 5.56 Å². The summed E-state index contributed by atoms with van der Waals surface area (Å²) in [7, 11) is 0. The molecule has 2 rings (SSSR count). The molecule has 0 spiro atoms. The lowest BCUT2D eigenvalue weighted by Gasteiger charge is -2.14. The van der Waals surface area contributed by atoms with E-state index < -0.39 is 0 Å². The number of aromatic nitrogens is 2. The summed E-state index contributed by atoms with van der Waals surface area (Å²) in [5.41, 5.74) is 0.405. The van der Waals surface area contributed by atoms with Crippen LogP contribution in [0.1, 0.15) is 20.8 Å². The van der Waals surface area contributed by atoms with Crippen molar-refractivity contribution in [1.82, 2.24) is 10.2 Å². The monoisotopic (exact) mass is 310 g/mol. The van der Waals surface area contributed by atoms with E-state index in [-0.39, 0.29) is 11.2 Å². The SMILES string of the molecule is CC(C)(C)C(=O)CSc1nnc(-c2cccc(Cl)c2)o1. The Morgan fingerprint density at radius 2 is 2.10 bits per heavy atom. The van der Waals surface area contributed by atoms with Crippen LogP contribution in [0.15, 0.2) is 33.9 Å². The summed E-state index contributed by atoms with van der Waals surface area (Å²) >= 11 is 7.17. The van der Waals surface area contributed by atoms with Crippen molar-refractivity contribution in [1.29, 1.82) is 0 Å². The van der Waals surface area contributed by atoms with Gasteiger partial charge in [0.2, 0.25) is 5.89 Å². The van der Waals surface area contributed by atoms with Gasteiger partial charge in [-0.3, -0.25) is 4.79 Å². The Morgan fingerprint density at radius 1 is 1.35 bits per heavy atom. The molecule has 0 aliphatic rings. The second kappa shape index (κ2) is 5.97. The van der Waals surface area contributed by atoms with E-state index in [0.29, 0.717) is 21.9 Å². The first-order valence-corrected chi connectivity index (χ1v) is 7.48. The molecule has 4 nitrogen and oxygen atoms in total. The van der Waals surface area contributed by atoms with E-state index in [2.05, 4.69) is 10.2 Å². The third kappa shape index (κ3) is 3.84. The predicted molar refractivity (Wildman–Crippen MR) is 79.9 cm³/mol. The molecule has 0 radical (unpaired) electrons. The Hall–Kier alpha value is -1.33. The fourth-order valence-electron chi connectivity index (χ4n) is 1.35. The van der Waals surface area contributed by atoms with E-state index in [1.165, 1.54) is 11.8 Å². The molecular formula is C14H15ClN2O2S. The Labute approximate surface area is 126 Å². The minimum absolute atomic E-state index is 0.144. The molecule has 1 aromatic heterocycles. The highest BCUT2D eigenvalue weighted by Gasteiger charge is 2.22. The molecule has 20 heavy (non-hydrogen) atoms. The van der Waals surface area contributed by atoms with Crippen molar-refractivity contribution >= 4 is 29.1 Å². The first-order chi connectivity index (χ1) is 9.36. The number of nitrogens with zero attached hydrogens (tertiary/aromatic N) is 2. The molecule has 0 bridgehead atoms. The predicted octanol–water partition coefficient (Wildman–Crippen LogP) is 4.10. The Kier molecular flexibility index (Phi) is 4.50. The molecule has 0 saturated heterocycles. The van der Waals surface area contributed by atoms with Gasteiger partial charge in [0.25, 0.3) is 5.22 Å². The van der Waals surface area contributed by atoms with E-state index in [9.17, 15) is 4.79 Å². The van der Waals surface area contributed by atoms with Crippen LogP contribution in [0.3, 0.4) is 0 Å². The zero-order valence-corrected chi connectivity index (χ0v) is 13.1. The number of ketones is 1. The summed E-state index contributed by atoms with van der Waals surface area (Å²) in [4.78, 5) is 11.8. The second-order valence-corrected chi connectivity index (χ2v) is 6.71. The van der Waals surface area contributed by atoms with Gasteiger partial charge in [0.05, 0.1) is 5.75 Å². The highest BCUT2D eigenvalue weighted by atomic mass is 35.5. The van der Waals surface area contributed by atoms with Gasteiger partial charge in [-0.1, -0.05) is 50.2 Å². The number of hydrogen-bond acceptors (Lipinski definition) is 5. The van der Waals surface area contributed by atoms with E-state index in [4.69, 9.17) is 16.0 Å². The van der Waals surface area contributed by atoms with Crippen LogP contribution in [0.5, 0.6) is 0 Å². The van der Waals surface area contributed by atoms with Gasteiger partial charge in [0, 0.05) is 16.0 Å². The highest BCUT2D eigenvalue weighted by molar-refractivity contribution is 7.99. The molecule has 2 aromatic rings. The molecule has 106 valence electrons. The fourth-order valence-corrected chi connectivity index (χ4v) is 2.46. The summed E-state index contributed by atoms with van der Waals surface area (Å²) in [5, 5.41) is 8.88. The van der Waals surface area contributed by atoms with Gasteiger partial charge >= 0.3 is 0 Å². The average Bonchev–Trinajstić information content (AvgIpc) is 2.83. The molecular weight excluding hydrogens is 296 g/mol. The molecule has 0 atom stereocenters. The first kappa shape index (κ1) is 15.1. The van der Waals surface area contributed by atoms with Crippen molar-refractivity contribution < 1.29 is 9.21 Å². The lowest BCUT2D eigenvalue weighted by molar-refractivity contribution is -0.123. The molecule has 0 aliphatic carbocycles. The van der Waals surface area contributed by atoms with Crippen molar-refractivity contribution in [2.75, 3.05) is 5.75 Å². The highest BCUT2D eigenvalue weighted by Crippen LogP contribution is 2.26. The lowest BCUT2D eigenvalue weighted by atomic mass is 9.92. The summed E-state index contributed by atoms with van der Waals surface area (Å²) in [6, 6.07) is 7.19. The molecule has 1 aromatic carbocycles. The number of hydrogen-bond donors (Lipinski definition) is 0. The maximum atomic E-state index is 11.8. The van der Waals surface area contributed by atoms with Crippen molar-refractivity contribution in [3.63, 3.8) is 0 Å². The maximum Gasteiger partial charge on any atom is 0.277 e. The molecule has 0 fully saturated rings. The standard InChI is InChI=1S/C14H15ClN2O2S/c1-14(2,3)11(18)8-20-13-17-16-12(19-13)9-5-4-6-10(15)7-9/h4-7H,8H2,1-3H3. The lowest BCUT2D eigenvalue weighted by Crippen LogP contribution is -2.21. The second-order valence-electron chi connectivity index (χ2n) is 5.35. The third-order valence-corrected chi connectivity index (χ3v) is 3.69. The summed E-state index contributed by atoms with van der Waals surface area (Å²) in [6.45, 7) is 5.67. The summed E-state index contributed by atoms with van der Waals surface area (Å²) in [6.07, 6.45) is 0. The van der Waals surface area contributed by atoms with Gasteiger partial charge in [0.15, 0.2) is 0 Å². The van der Waals surface area contributed by atoms with Crippen molar-refractivity contribution in [2.24, 2.45) is 5.41 Å². The van der Waals surface area contributed by atoms with Crippen LogP contribution in [0, 0.1) is 5.41 Å². The van der Waals surface area contributed by atoms with Gasteiger partial charge in [-0.05, 0) is 18.2 Å². The summed E-state index contributed by atoms with van der Waals surface area (Å²) in [5.74, 6) is 0.865. The first-order valence-electron chi connectivity index (χ1n) is 6.12. The Bertz CT molecular complexity index is 620. The number of carbonyl (C=O) groups is 1. The van der Waals surface area contributed by atoms with Crippen LogP contribution in [0.25, 0.3) is 11.5 Å². The molecule has 0 saturated carbocycles. The molecule has 6 heteroatoms. The van der Waals surface area contributed by atoms with Gasteiger partial charge in [-0.25, -0.2) is 0 Å². The van der Waals surface area contributed by atoms with Crippen molar-refractivity contribution in [3.8, 4) is 11.5 Å². The van der Waals surface area contributed by atoms with Gasteiger partial charge < -0.3 is 4.42 Å². The molecule has 0 unspecified atom stereocenters. The van der Waals surface area contributed by atoms with E-state index in [1.54, 1.807) is 12.1 Å². The normalized spacial score (nSPS) is 11.6. The third-order valence-electron chi connectivity index (χ3n) is 2.64. The maximum absolute atomic E-state index is 11.8. The van der Waals surface area contributed by atoms with Crippen LogP contribution in [0.4, 0.5) is 0 Å². The summed E-state index contributed by atoms with van der Waals surface area (Å²) < 4.78 is 5.52. The minimum Gasteiger partial charge on any atom is -0.411 e.